The lowest BCUT2D eigenvalue weighted by molar-refractivity contribution is -0.123. The van der Waals surface area contributed by atoms with Gasteiger partial charge in [-0.25, -0.2) is 4.79 Å². The molecule has 0 saturated heterocycles. The van der Waals surface area contributed by atoms with Crippen molar-refractivity contribution < 1.29 is 23.8 Å². The van der Waals surface area contributed by atoms with Crippen LogP contribution in [0.15, 0.2) is 45.5 Å². The van der Waals surface area contributed by atoms with Crippen molar-refractivity contribution in [3.8, 4) is 5.75 Å². The highest BCUT2D eigenvalue weighted by Gasteiger charge is 2.13. The minimum Gasteiger partial charge on any atom is -0.483 e. The third kappa shape index (κ3) is 4.35. The van der Waals surface area contributed by atoms with E-state index in [4.69, 9.17) is 14.3 Å². The summed E-state index contributed by atoms with van der Waals surface area (Å²) in [7, 11) is 0. The molecule has 1 heterocycles. The van der Waals surface area contributed by atoms with Gasteiger partial charge < -0.3 is 19.6 Å². The van der Waals surface area contributed by atoms with Gasteiger partial charge in [-0.3, -0.25) is 4.79 Å². The van der Waals surface area contributed by atoms with Crippen LogP contribution < -0.4 is 10.1 Å². The molecule has 0 aliphatic carbocycles. The highest BCUT2D eigenvalue weighted by Crippen LogP contribution is 2.23. The second kappa shape index (κ2) is 6.94. The number of carbonyl (C=O) groups is 2. The minimum absolute atomic E-state index is 0.0109. The summed E-state index contributed by atoms with van der Waals surface area (Å²) in [6.45, 7) is -0.0239. The standard InChI is InChI=1S/C14H12BrNO5/c15-9-3-4-12(11(6-9)14(18)19)21-8-13(17)16-7-10-2-1-5-20-10/h1-6H,7-8H2,(H,16,17)(H,18,19). The summed E-state index contributed by atoms with van der Waals surface area (Å²) < 4.78 is 10.9. The molecule has 0 aliphatic heterocycles. The van der Waals surface area contributed by atoms with Gasteiger partial charge in [-0.15, -0.1) is 0 Å². The number of carboxylic acids is 1. The monoisotopic (exact) mass is 353 g/mol. The Balaban J connectivity index is 1.90. The normalized spacial score (nSPS) is 10.1. The summed E-state index contributed by atoms with van der Waals surface area (Å²) in [6, 6.07) is 8.01. The molecule has 0 spiro atoms. The number of amides is 1. The Labute approximate surface area is 128 Å². The number of aromatic carboxylic acids is 1. The second-order valence-electron chi connectivity index (χ2n) is 4.09. The van der Waals surface area contributed by atoms with Crippen molar-refractivity contribution in [2.75, 3.05) is 6.61 Å². The van der Waals surface area contributed by atoms with Gasteiger partial charge in [-0.05, 0) is 30.3 Å². The van der Waals surface area contributed by atoms with Crippen LogP contribution in [0.2, 0.25) is 0 Å². The molecule has 0 atom stereocenters. The van der Waals surface area contributed by atoms with Crippen molar-refractivity contribution >= 4 is 27.8 Å². The van der Waals surface area contributed by atoms with Crippen LogP contribution in [0.1, 0.15) is 16.1 Å². The molecule has 7 heteroatoms. The lowest BCUT2D eigenvalue weighted by atomic mass is 10.2. The van der Waals surface area contributed by atoms with E-state index in [-0.39, 0.29) is 30.4 Å². The van der Waals surface area contributed by atoms with E-state index >= 15 is 0 Å². The summed E-state index contributed by atoms with van der Waals surface area (Å²) in [5, 5.41) is 11.7. The maximum absolute atomic E-state index is 11.6. The smallest absolute Gasteiger partial charge is 0.339 e. The summed E-state index contributed by atoms with van der Waals surface area (Å²) in [5.74, 6) is -0.731. The van der Waals surface area contributed by atoms with Gasteiger partial charge in [-0.1, -0.05) is 15.9 Å². The SMILES string of the molecule is O=C(COc1ccc(Br)cc1C(=O)O)NCc1ccco1. The molecule has 2 aromatic rings. The number of rotatable bonds is 6. The molecule has 0 fully saturated rings. The van der Waals surface area contributed by atoms with Crippen LogP contribution in [-0.2, 0) is 11.3 Å². The number of ether oxygens (including phenoxy) is 1. The predicted molar refractivity (Wildman–Crippen MR) is 77.2 cm³/mol. The van der Waals surface area contributed by atoms with Crippen molar-refractivity contribution in [3.63, 3.8) is 0 Å². The van der Waals surface area contributed by atoms with E-state index in [1.54, 1.807) is 18.2 Å². The molecule has 0 radical (unpaired) electrons. The minimum atomic E-state index is -1.12. The third-order valence-electron chi connectivity index (χ3n) is 2.57. The fraction of sp³-hybridized carbons (Fsp3) is 0.143. The highest BCUT2D eigenvalue weighted by atomic mass is 79.9. The van der Waals surface area contributed by atoms with E-state index in [1.807, 2.05) is 0 Å². The Bertz CT molecular complexity index is 639. The molecule has 1 amide bonds. The highest BCUT2D eigenvalue weighted by molar-refractivity contribution is 9.10. The zero-order valence-corrected chi connectivity index (χ0v) is 12.4. The summed E-state index contributed by atoms with van der Waals surface area (Å²) in [5.41, 5.74) is -0.0109. The van der Waals surface area contributed by atoms with Crippen LogP contribution in [0.25, 0.3) is 0 Å². The van der Waals surface area contributed by atoms with Gasteiger partial charge in [0.15, 0.2) is 6.61 Å². The van der Waals surface area contributed by atoms with Gasteiger partial charge in [0.05, 0.1) is 12.8 Å². The molecule has 6 nitrogen and oxygen atoms in total. The topological polar surface area (TPSA) is 88.8 Å². The van der Waals surface area contributed by atoms with Gasteiger partial charge >= 0.3 is 5.97 Å². The molecule has 110 valence electrons. The number of carbonyl (C=O) groups excluding carboxylic acids is 1. The molecule has 0 saturated carbocycles. The molecule has 0 aliphatic rings. The number of benzene rings is 1. The van der Waals surface area contributed by atoms with E-state index < -0.39 is 5.97 Å². The number of hydrogen-bond donors (Lipinski definition) is 2. The summed E-state index contributed by atoms with van der Waals surface area (Å²) >= 11 is 3.18. The molecule has 0 bridgehead atoms. The molecule has 1 aromatic carbocycles. The molecule has 2 N–H and O–H groups in total. The molecule has 1 aromatic heterocycles. The maximum Gasteiger partial charge on any atom is 0.339 e. The molecule has 21 heavy (non-hydrogen) atoms. The van der Waals surface area contributed by atoms with E-state index in [0.29, 0.717) is 10.2 Å². The fourth-order valence-electron chi connectivity index (χ4n) is 1.59. The Morgan fingerprint density at radius 2 is 2.14 bits per heavy atom. The maximum atomic E-state index is 11.6. The molecule has 2 rings (SSSR count). The first kappa shape index (κ1) is 15.1. The fourth-order valence-corrected chi connectivity index (χ4v) is 1.95. The van der Waals surface area contributed by atoms with E-state index in [0.717, 1.165) is 0 Å². The number of halogens is 1. The van der Waals surface area contributed by atoms with Crippen molar-refractivity contribution in [2.45, 2.75) is 6.54 Å². The predicted octanol–water partition coefficient (Wildman–Crippen LogP) is 2.44. The first-order chi connectivity index (χ1) is 10.1. The van der Waals surface area contributed by atoms with E-state index in [9.17, 15) is 9.59 Å². The number of hydrogen-bond acceptors (Lipinski definition) is 4. The van der Waals surface area contributed by atoms with Crippen LogP contribution in [0.3, 0.4) is 0 Å². The van der Waals surface area contributed by atoms with Crippen molar-refractivity contribution in [1.29, 1.82) is 0 Å². The Hall–Kier alpha value is -2.28. The molecule has 0 unspecified atom stereocenters. The Morgan fingerprint density at radius 1 is 1.33 bits per heavy atom. The van der Waals surface area contributed by atoms with Crippen molar-refractivity contribution in [1.82, 2.24) is 5.32 Å². The number of nitrogens with one attached hydrogen (secondary N) is 1. The van der Waals surface area contributed by atoms with Crippen LogP contribution in [0.5, 0.6) is 5.75 Å². The summed E-state index contributed by atoms with van der Waals surface area (Å²) in [4.78, 5) is 22.7. The van der Waals surface area contributed by atoms with E-state index in [2.05, 4.69) is 21.2 Å². The van der Waals surface area contributed by atoms with Crippen LogP contribution in [-0.4, -0.2) is 23.6 Å². The van der Waals surface area contributed by atoms with Crippen LogP contribution >= 0.6 is 15.9 Å². The van der Waals surface area contributed by atoms with Gasteiger partial charge in [0.1, 0.15) is 17.1 Å². The van der Waals surface area contributed by atoms with Gasteiger partial charge in [0, 0.05) is 4.47 Å². The first-order valence-electron chi connectivity index (χ1n) is 6.01. The Morgan fingerprint density at radius 3 is 2.81 bits per heavy atom. The largest absolute Gasteiger partial charge is 0.483 e. The summed E-state index contributed by atoms with van der Waals surface area (Å²) in [6.07, 6.45) is 1.51. The average Bonchev–Trinajstić information content (AvgIpc) is 2.97. The average molecular weight is 354 g/mol. The van der Waals surface area contributed by atoms with Gasteiger partial charge in [0.25, 0.3) is 5.91 Å². The lowest BCUT2D eigenvalue weighted by Crippen LogP contribution is -2.28. The Kier molecular flexibility index (Phi) is 4.99. The van der Waals surface area contributed by atoms with Crippen molar-refractivity contribution in [3.05, 3.63) is 52.4 Å². The van der Waals surface area contributed by atoms with E-state index in [1.165, 1.54) is 18.4 Å². The second-order valence-corrected chi connectivity index (χ2v) is 5.01. The molecular formula is C14H12BrNO5. The molecular weight excluding hydrogens is 342 g/mol. The number of furan rings is 1. The first-order valence-corrected chi connectivity index (χ1v) is 6.80. The van der Waals surface area contributed by atoms with Crippen LogP contribution in [0.4, 0.5) is 0 Å². The quantitative estimate of drug-likeness (QED) is 0.832. The lowest BCUT2D eigenvalue weighted by Gasteiger charge is -2.09. The zero-order valence-electron chi connectivity index (χ0n) is 10.8. The number of carboxylic acid groups (broad SMARTS) is 1. The third-order valence-corrected chi connectivity index (χ3v) is 3.06. The zero-order chi connectivity index (χ0) is 15.2. The van der Waals surface area contributed by atoms with Gasteiger partial charge in [-0.2, -0.15) is 0 Å². The van der Waals surface area contributed by atoms with Crippen LogP contribution in [0, 0.1) is 0 Å². The van der Waals surface area contributed by atoms with Gasteiger partial charge in [0.2, 0.25) is 0 Å². The van der Waals surface area contributed by atoms with Crippen molar-refractivity contribution in [2.24, 2.45) is 0 Å².